The van der Waals surface area contributed by atoms with Gasteiger partial charge in [0.2, 0.25) is 0 Å². The van der Waals surface area contributed by atoms with Crippen LogP contribution in [0, 0.1) is 0 Å². The molecule has 1 heterocycles. The number of rotatable bonds is 2. The molecular weight excluding hydrogens is 180 g/mol. The second kappa shape index (κ2) is 3.18. The molecule has 72 valence electrons. The highest BCUT2D eigenvalue weighted by Gasteiger charge is 2.32. The molecule has 1 aliphatic rings. The molecule has 1 N–H and O–H groups in total. The third kappa shape index (κ3) is 1.18. The zero-order chi connectivity index (χ0) is 10.1. The predicted molar refractivity (Wildman–Crippen MR) is 51.1 cm³/mol. The van der Waals surface area contributed by atoms with Gasteiger partial charge >= 0.3 is 5.97 Å². The Bertz CT molecular complexity index is 396. The Morgan fingerprint density at radius 2 is 2.36 bits per heavy atom. The average Bonchev–Trinajstić information content (AvgIpc) is 2.46. The molecule has 1 aliphatic heterocycles. The first kappa shape index (κ1) is 8.81. The van der Waals surface area contributed by atoms with Crippen LogP contribution in [0.1, 0.15) is 28.4 Å². The molecule has 1 aromatic rings. The molecule has 0 aromatic heterocycles. The first-order chi connectivity index (χ1) is 6.74. The Balaban J connectivity index is 2.49. The number of ether oxygens (including phenoxy) is 1. The lowest BCUT2D eigenvalue weighted by atomic mass is 10.0. The number of esters is 1. The number of carbonyl (C=O) groups excluding carboxylic acids is 1. The van der Waals surface area contributed by atoms with Crippen LogP contribution in [0.3, 0.4) is 0 Å². The van der Waals surface area contributed by atoms with Crippen molar-refractivity contribution in [2.45, 2.75) is 12.5 Å². The maximum Gasteiger partial charge on any atom is 0.342 e. The molecule has 1 unspecified atom stereocenters. The molecule has 0 saturated heterocycles. The lowest BCUT2D eigenvalue weighted by Gasteiger charge is -2.06. The fourth-order valence-corrected chi connectivity index (χ4v) is 1.63. The van der Waals surface area contributed by atoms with Gasteiger partial charge in [-0.05, 0) is 6.07 Å². The number of fused-ring (bicyclic) bond motifs is 1. The van der Waals surface area contributed by atoms with Crippen molar-refractivity contribution in [1.82, 2.24) is 0 Å². The highest BCUT2D eigenvalue weighted by Crippen LogP contribution is 2.37. The number of phenols is 1. The molecule has 14 heavy (non-hydrogen) atoms. The minimum Gasteiger partial charge on any atom is -0.507 e. The summed E-state index contributed by atoms with van der Waals surface area (Å²) in [7, 11) is 0. The Kier molecular flexibility index (Phi) is 2.00. The normalized spacial score (nSPS) is 18.9. The van der Waals surface area contributed by atoms with Crippen molar-refractivity contribution in [2.24, 2.45) is 0 Å². The minimum atomic E-state index is -0.454. The summed E-state index contributed by atoms with van der Waals surface area (Å²) in [6.07, 6.45) is 1.97. The molecule has 0 aliphatic carbocycles. The zero-order valence-electron chi connectivity index (χ0n) is 7.56. The van der Waals surface area contributed by atoms with Crippen LogP contribution < -0.4 is 0 Å². The molecule has 3 heteroatoms. The van der Waals surface area contributed by atoms with Crippen LogP contribution in [-0.2, 0) is 4.74 Å². The van der Waals surface area contributed by atoms with E-state index >= 15 is 0 Å². The van der Waals surface area contributed by atoms with Crippen LogP contribution in [0.4, 0.5) is 0 Å². The molecule has 1 aromatic carbocycles. The molecule has 0 fully saturated rings. The second-order valence-electron chi connectivity index (χ2n) is 3.16. The van der Waals surface area contributed by atoms with Crippen molar-refractivity contribution in [2.75, 3.05) is 0 Å². The van der Waals surface area contributed by atoms with Crippen molar-refractivity contribution in [3.8, 4) is 5.75 Å². The van der Waals surface area contributed by atoms with E-state index < -0.39 is 5.97 Å². The summed E-state index contributed by atoms with van der Waals surface area (Å²) in [4.78, 5) is 11.4. The summed E-state index contributed by atoms with van der Waals surface area (Å²) < 4.78 is 5.08. The molecule has 2 rings (SSSR count). The summed E-state index contributed by atoms with van der Waals surface area (Å²) >= 11 is 0. The number of cyclic esters (lactones) is 1. The number of carbonyl (C=O) groups is 1. The van der Waals surface area contributed by atoms with Gasteiger partial charge in [0.1, 0.15) is 17.4 Å². The Labute approximate surface area is 81.6 Å². The summed E-state index contributed by atoms with van der Waals surface area (Å²) in [5.41, 5.74) is 1.04. The van der Waals surface area contributed by atoms with E-state index in [4.69, 9.17) is 4.74 Å². The monoisotopic (exact) mass is 190 g/mol. The fraction of sp³-hybridized carbons (Fsp3) is 0.182. The van der Waals surface area contributed by atoms with Gasteiger partial charge in [0.15, 0.2) is 0 Å². The van der Waals surface area contributed by atoms with E-state index in [0.29, 0.717) is 12.0 Å². The highest BCUT2D eigenvalue weighted by atomic mass is 16.5. The first-order valence-electron chi connectivity index (χ1n) is 4.37. The summed E-state index contributed by atoms with van der Waals surface area (Å²) in [5, 5.41) is 9.46. The van der Waals surface area contributed by atoms with Crippen molar-refractivity contribution in [3.05, 3.63) is 42.0 Å². The third-order valence-corrected chi connectivity index (χ3v) is 2.26. The molecule has 0 bridgehead atoms. The van der Waals surface area contributed by atoms with Gasteiger partial charge in [-0.3, -0.25) is 0 Å². The standard InChI is InChI=1S/C11H10O3/c1-2-4-9-7-5-3-6-8(12)10(7)11(13)14-9/h2-3,5-6,9,12H,1,4H2. The second-order valence-corrected chi connectivity index (χ2v) is 3.16. The molecule has 0 saturated carbocycles. The molecule has 0 amide bonds. The van der Waals surface area contributed by atoms with Crippen LogP contribution in [0.5, 0.6) is 5.75 Å². The van der Waals surface area contributed by atoms with Gasteiger partial charge in [0.25, 0.3) is 0 Å². The van der Waals surface area contributed by atoms with Crippen LogP contribution in [-0.4, -0.2) is 11.1 Å². The average molecular weight is 190 g/mol. The van der Waals surface area contributed by atoms with Gasteiger partial charge in [-0.25, -0.2) is 4.79 Å². The van der Waals surface area contributed by atoms with Crippen molar-refractivity contribution in [3.63, 3.8) is 0 Å². The topological polar surface area (TPSA) is 46.5 Å². The number of hydrogen-bond acceptors (Lipinski definition) is 3. The molecule has 0 spiro atoms. The Morgan fingerprint density at radius 3 is 3.07 bits per heavy atom. The molecule has 0 radical (unpaired) electrons. The quantitative estimate of drug-likeness (QED) is 0.574. The lowest BCUT2D eigenvalue weighted by Crippen LogP contribution is -1.96. The van der Waals surface area contributed by atoms with Gasteiger partial charge < -0.3 is 9.84 Å². The van der Waals surface area contributed by atoms with Crippen LogP contribution in [0.2, 0.25) is 0 Å². The molecule has 3 nitrogen and oxygen atoms in total. The molecule has 1 atom stereocenters. The minimum absolute atomic E-state index is 0.0148. The number of aromatic hydroxyl groups is 1. The predicted octanol–water partition coefficient (Wildman–Crippen LogP) is 2.18. The van der Waals surface area contributed by atoms with Crippen molar-refractivity contribution < 1.29 is 14.6 Å². The maximum absolute atomic E-state index is 11.4. The Hall–Kier alpha value is -1.77. The zero-order valence-corrected chi connectivity index (χ0v) is 7.56. The third-order valence-electron chi connectivity index (χ3n) is 2.26. The largest absolute Gasteiger partial charge is 0.507 e. The van der Waals surface area contributed by atoms with E-state index in [1.807, 2.05) is 0 Å². The fourth-order valence-electron chi connectivity index (χ4n) is 1.63. The van der Waals surface area contributed by atoms with Crippen molar-refractivity contribution >= 4 is 5.97 Å². The smallest absolute Gasteiger partial charge is 0.342 e. The van der Waals surface area contributed by atoms with Gasteiger partial charge in [-0.15, -0.1) is 6.58 Å². The van der Waals surface area contributed by atoms with Gasteiger partial charge in [0, 0.05) is 12.0 Å². The van der Waals surface area contributed by atoms with E-state index in [2.05, 4.69) is 6.58 Å². The van der Waals surface area contributed by atoms with E-state index in [1.54, 1.807) is 18.2 Å². The first-order valence-corrected chi connectivity index (χ1v) is 4.37. The van der Waals surface area contributed by atoms with Crippen LogP contribution in [0.15, 0.2) is 30.9 Å². The number of hydrogen-bond donors (Lipinski definition) is 1. The summed E-state index contributed by atoms with van der Waals surface area (Å²) in [6, 6.07) is 4.97. The van der Waals surface area contributed by atoms with Gasteiger partial charge in [0.05, 0.1) is 0 Å². The van der Waals surface area contributed by atoms with E-state index in [0.717, 1.165) is 5.56 Å². The lowest BCUT2D eigenvalue weighted by molar-refractivity contribution is 0.0391. The van der Waals surface area contributed by atoms with E-state index in [1.165, 1.54) is 6.07 Å². The van der Waals surface area contributed by atoms with E-state index in [9.17, 15) is 9.90 Å². The van der Waals surface area contributed by atoms with Gasteiger partial charge in [-0.1, -0.05) is 18.2 Å². The SMILES string of the molecule is C=CCC1OC(=O)c2c(O)cccc21. The van der Waals surface area contributed by atoms with Crippen LogP contribution in [0.25, 0.3) is 0 Å². The highest BCUT2D eigenvalue weighted by molar-refractivity contribution is 5.96. The maximum atomic E-state index is 11.4. The molecular formula is C11H10O3. The summed E-state index contributed by atoms with van der Waals surface area (Å²) in [5.74, 6) is -0.469. The number of benzene rings is 1. The van der Waals surface area contributed by atoms with E-state index in [-0.39, 0.29) is 11.9 Å². The Morgan fingerprint density at radius 1 is 1.57 bits per heavy atom. The number of phenolic OH excluding ortho intramolecular Hbond substituents is 1. The van der Waals surface area contributed by atoms with Crippen molar-refractivity contribution in [1.29, 1.82) is 0 Å². The van der Waals surface area contributed by atoms with Gasteiger partial charge in [-0.2, -0.15) is 0 Å². The summed E-state index contributed by atoms with van der Waals surface area (Å²) in [6.45, 7) is 3.59. The van der Waals surface area contributed by atoms with Crippen LogP contribution >= 0.6 is 0 Å².